The zero-order valence-electron chi connectivity index (χ0n) is 22.9. The SMILES string of the molecule is COc1ccc(C(OC[C@H]2O[C@@H](n3c(=O)[nH]c4ccccc43)C[C@H]2O)(c2ccccc2)c2ccc(OC)cc2)cc1. The van der Waals surface area contributed by atoms with Gasteiger partial charge in [-0.2, -0.15) is 0 Å². The summed E-state index contributed by atoms with van der Waals surface area (Å²) in [5.74, 6) is 1.46. The van der Waals surface area contributed by atoms with E-state index in [4.69, 9.17) is 18.9 Å². The molecule has 2 heterocycles. The molecule has 210 valence electrons. The molecule has 2 N–H and O–H groups in total. The smallest absolute Gasteiger partial charge is 0.328 e. The first kappa shape index (κ1) is 26.8. The van der Waals surface area contributed by atoms with Crippen molar-refractivity contribution in [2.75, 3.05) is 20.8 Å². The second-order valence-corrected chi connectivity index (χ2v) is 10.1. The number of hydrogen-bond acceptors (Lipinski definition) is 6. The molecule has 0 aliphatic carbocycles. The van der Waals surface area contributed by atoms with E-state index in [1.807, 2.05) is 103 Å². The summed E-state index contributed by atoms with van der Waals surface area (Å²) in [6, 6.07) is 32.9. The van der Waals surface area contributed by atoms with E-state index in [9.17, 15) is 9.90 Å². The van der Waals surface area contributed by atoms with Crippen LogP contribution in [0.5, 0.6) is 11.5 Å². The molecule has 0 amide bonds. The van der Waals surface area contributed by atoms with Crippen molar-refractivity contribution >= 4 is 11.0 Å². The van der Waals surface area contributed by atoms with E-state index < -0.39 is 24.0 Å². The second-order valence-electron chi connectivity index (χ2n) is 10.1. The molecule has 0 spiro atoms. The van der Waals surface area contributed by atoms with Crippen LogP contribution in [0.1, 0.15) is 29.3 Å². The number of benzene rings is 4. The number of aliphatic hydroxyl groups excluding tert-OH is 1. The minimum absolute atomic E-state index is 0.0712. The summed E-state index contributed by atoms with van der Waals surface area (Å²) < 4.78 is 25.6. The quantitative estimate of drug-likeness (QED) is 0.250. The second kappa shape index (κ2) is 11.2. The van der Waals surface area contributed by atoms with Crippen molar-refractivity contribution in [2.45, 2.75) is 30.5 Å². The molecule has 1 saturated heterocycles. The highest BCUT2D eigenvalue weighted by Crippen LogP contribution is 2.42. The number of nitrogens with one attached hydrogen (secondary N) is 1. The summed E-state index contributed by atoms with van der Waals surface area (Å²) in [6.07, 6.45) is -1.87. The predicted octanol–water partition coefficient (Wildman–Crippen LogP) is 5.00. The maximum atomic E-state index is 12.8. The van der Waals surface area contributed by atoms with Gasteiger partial charge in [0.05, 0.1) is 38.0 Å². The number of methoxy groups -OCH3 is 2. The molecule has 3 atom stereocenters. The van der Waals surface area contributed by atoms with E-state index in [1.54, 1.807) is 18.8 Å². The molecule has 8 nitrogen and oxygen atoms in total. The molecule has 0 unspecified atom stereocenters. The summed E-state index contributed by atoms with van der Waals surface area (Å²) in [5, 5.41) is 11.1. The van der Waals surface area contributed by atoms with Crippen molar-refractivity contribution in [3.05, 3.63) is 130 Å². The molecular weight excluding hydrogens is 520 g/mol. The van der Waals surface area contributed by atoms with Crippen LogP contribution in [0.3, 0.4) is 0 Å². The molecule has 4 aromatic carbocycles. The summed E-state index contributed by atoms with van der Waals surface area (Å²) in [7, 11) is 3.27. The molecule has 41 heavy (non-hydrogen) atoms. The first-order valence-electron chi connectivity index (χ1n) is 13.5. The number of ether oxygens (including phenoxy) is 4. The first-order valence-corrected chi connectivity index (χ1v) is 13.5. The third-order valence-corrected chi connectivity index (χ3v) is 7.75. The number of para-hydroxylation sites is 2. The number of H-pyrrole nitrogens is 1. The van der Waals surface area contributed by atoms with Crippen molar-refractivity contribution < 1.29 is 24.1 Å². The van der Waals surface area contributed by atoms with Gasteiger partial charge in [-0.25, -0.2) is 4.79 Å². The zero-order valence-corrected chi connectivity index (χ0v) is 22.9. The summed E-state index contributed by atoms with van der Waals surface area (Å²) in [5.41, 5.74) is 2.80. The zero-order chi connectivity index (χ0) is 28.4. The minimum atomic E-state index is -1.04. The topological polar surface area (TPSA) is 94.9 Å². The summed E-state index contributed by atoms with van der Waals surface area (Å²) in [6.45, 7) is 0.0712. The molecule has 0 radical (unpaired) electrons. The normalized spacial score (nSPS) is 19.0. The lowest BCUT2D eigenvalue weighted by atomic mass is 9.80. The van der Waals surface area contributed by atoms with Gasteiger partial charge in [0.15, 0.2) is 0 Å². The molecule has 0 bridgehead atoms. The minimum Gasteiger partial charge on any atom is -0.497 e. The van der Waals surface area contributed by atoms with Crippen LogP contribution in [0.15, 0.2) is 108 Å². The van der Waals surface area contributed by atoms with Crippen LogP contribution in [0.2, 0.25) is 0 Å². The fourth-order valence-electron chi connectivity index (χ4n) is 5.66. The highest BCUT2D eigenvalue weighted by atomic mass is 16.6. The number of aromatic nitrogens is 2. The average molecular weight is 553 g/mol. The van der Waals surface area contributed by atoms with Gasteiger partial charge in [-0.3, -0.25) is 4.57 Å². The Morgan fingerprint density at radius 3 is 2.00 bits per heavy atom. The third kappa shape index (κ3) is 4.91. The van der Waals surface area contributed by atoms with Crippen LogP contribution in [0.25, 0.3) is 11.0 Å². The highest BCUT2D eigenvalue weighted by molar-refractivity contribution is 5.75. The first-order chi connectivity index (χ1) is 20.0. The van der Waals surface area contributed by atoms with Crippen LogP contribution in [0, 0.1) is 0 Å². The van der Waals surface area contributed by atoms with Crippen molar-refractivity contribution in [1.82, 2.24) is 9.55 Å². The Bertz CT molecular complexity index is 1610. The average Bonchev–Trinajstić information content (AvgIpc) is 3.56. The van der Waals surface area contributed by atoms with Gasteiger partial charge in [-0.1, -0.05) is 66.7 Å². The van der Waals surface area contributed by atoms with Crippen molar-refractivity contribution in [1.29, 1.82) is 0 Å². The van der Waals surface area contributed by atoms with Gasteiger partial charge < -0.3 is 29.0 Å². The number of hydrogen-bond donors (Lipinski definition) is 2. The van der Waals surface area contributed by atoms with E-state index >= 15 is 0 Å². The largest absolute Gasteiger partial charge is 0.497 e. The lowest BCUT2D eigenvalue weighted by Gasteiger charge is -2.37. The Morgan fingerprint density at radius 2 is 1.39 bits per heavy atom. The Labute approximate surface area is 237 Å². The van der Waals surface area contributed by atoms with Crippen LogP contribution in [-0.4, -0.2) is 47.7 Å². The van der Waals surface area contributed by atoms with Crippen LogP contribution < -0.4 is 15.2 Å². The molecule has 5 aromatic rings. The van der Waals surface area contributed by atoms with E-state index in [0.717, 1.165) is 39.2 Å². The van der Waals surface area contributed by atoms with Gasteiger partial charge in [0.25, 0.3) is 0 Å². The number of rotatable bonds is 9. The van der Waals surface area contributed by atoms with Gasteiger partial charge in [0.1, 0.15) is 29.4 Å². The molecule has 8 heteroatoms. The number of imidazole rings is 1. The number of aromatic amines is 1. The Hall–Kier alpha value is -4.37. The fraction of sp³-hybridized carbons (Fsp3) is 0.242. The molecule has 1 aliphatic rings. The molecule has 6 rings (SSSR count). The van der Waals surface area contributed by atoms with Gasteiger partial charge in [-0.15, -0.1) is 0 Å². The maximum absolute atomic E-state index is 12.8. The van der Waals surface area contributed by atoms with E-state index in [-0.39, 0.29) is 18.7 Å². The van der Waals surface area contributed by atoms with Crippen molar-refractivity contribution in [3.63, 3.8) is 0 Å². The maximum Gasteiger partial charge on any atom is 0.328 e. The number of nitrogens with zero attached hydrogens (tertiary/aromatic N) is 1. The molecule has 1 aliphatic heterocycles. The number of aliphatic hydroxyl groups is 1. The lowest BCUT2D eigenvalue weighted by Crippen LogP contribution is -2.38. The summed E-state index contributed by atoms with van der Waals surface area (Å²) >= 11 is 0. The standard InChI is InChI=1S/C33H32N2O6/c1-38-25-16-12-23(13-17-25)33(22-8-4-3-5-9-22,24-14-18-26(39-2)19-15-24)40-21-30-29(36)20-31(41-30)35-28-11-7-6-10-27(28)34-32(35)37/h3-19,29-31,36H,20-21H2,1-2H3,(H,34,37)/t29-,30-,31-/m1/s1. The Balaban J connectivity index is 1.38. The van der Waals surface area contributed by atoms with Crippen LogP contribution in [-0.2, 0) is 15.1 Å². The lowest BCUT2D eigenvalue weighted by molar-refractivity contribution is -0.0934. The summed E-state index contributed by atoms with van der Waals surface area (Å²) in [4.78, 5) is 15.7. The molecule has 0 saturated carbocycles. The van der Waals surface area contributed by atoms with E-state index in [2.05, 4.69) is 4.98 Å². The van der Waals surface area contributed by atoms with Crippen molar-refractivity contribution in [2.24, 2.45) is 0 Å². The van der Waals surface area contributed by atoms with Crippen molar-refractivity contribution in [3.8, 4) is 11.5 Å². The van der Waals surface area contributed by atoms with Gasteiger partial charge >= 0.3 is 5.69 Å². The van der Waals surface area contributed by atoms with Gasteiger partial charge in [0.2, 0.25) is 0 Å². The molecule has 1 fully saturated rings. The Kier molecular flexibility index (Phi) is 7.36. The third-order valence-electron chi connectivity index (χ3n) is 7.75. The van der Waals surface area contributed by atoms with Gasteiger partial charge in [0, 0.05) is 6.42 Å². The monoisotopic (exact) mass is 552 g/mol. The predicted molar refractivity (Wildman–Crippen MR) is 155 cm³/mol. The van der Waals surface area contributed by atoms with E-state index in [0.29, 0.717) is 0 Å². The highest BCUT2D eigenvalue weighted by Gasteiger charge is 2.42. The van der Waals surface area contributed by atoms with E-state index in [1.165, 1.54) is 0 Å². The fourth-order valence-corrected chi connectivity index (χ4v) is 5.66. The van der Waals surface area contributed by atoms with Crippen LogP contribution in [0.4, 0.5) is 0 Å². The van der Waals surface area contributed by atoms with Crippen LogP contribution >= 0.6 is 0 Å². The van der Waals surface area contributed by atoms with Gasteiger partial charge in [-0.05, 0) is 53.1 Å². The molecular formula is C33H32N2O6. The number of fused-ring (bicyclic) bond motifs is 1. The molecule has 1 aromatic heterocycles. The Morgan fingerprint density at radius 1 is 0.829 bits per heavy atom.